The lowest BCUT2D eigenvalue weighted by molar-refractivity contribution is -0.160. The minimum Gasteiger partial charge on any atom is -0.479 e. The lowest BCUT2D eigenvalue weighted by Crippen LogP contribution is -2.39. The third-order valence-corrected chi connectivity index (χ3v) is 8.53. The predicted molar refractivity (Wildman–Crippen MR) is 166 cm³/mol. The molecule has 1 atom stereocenters. The highest BCUT2D eigenvalue weighted by Gasteiger charge is 2.37. The first-order valence-corrected chi connectivity index (χ1v) is 15.0. The van der Waals surface area contributed by atoms with Gasteiger partial charge in [-0.3, -0.25) is 9.78 Å². The third-order valence-electron chi connectivity index (χ3n) is 8.53. The van der Waals surface area contributed by atoms with Gasteiger partial charge in [0.2, 0.25) is 0 Å². The number of aromatic nitrogens is 1. The number of hydrogen-bond acceptors (Lipinski definition) is 5. The summed E-state index contributed by atoms with van der Waals surface area (Å²) < 4.78 is 19.6. The van der Waals surface area contributed by atoms with Crippen molar-refractivity contribution in [2.24, 2.45) is 5.41 Å². The number of aliphatic carboxylic acids is 1. The van der Waals surface area contributed by atoms with Gasteiger partial charge >= 0.3 is 5.97 Å². The number of carboxylic acid groups (broad SMARTS) is 1. The van der Waals surface area contributed by atoms with Gasteiger partial charge in [0.15, 0.2) is 6.10 Å². The van der Waals surface area contributed by atoms with Crippen molar-refractivity contribution in [2.75, 3.05) is 18.0 Å². The highest BCUT2D eigenvalue weighted by molar-refractivity contribution is 5.99. The fraction of sp³-hybridized carbons (Fsp3) is 0.457. The molecule has 43 heavy (non-hydrogen) atoms. The van der Waals surface area contributed by atoms with Crippen molar-refractivity contribution < 1.29 is 23.8 Å². The predicted octanol–water partition coefficient (Wildman–Crippen LogP) is 7.23. The molecule has 3 aromatic rings. The molecule has 2 aliphatic rings. The Morgan fingerprint density at radius 3 is 2.33 bits per heavy atom. The second kappa shape index (κ2) is 11.4. The van der Waals surface area contributed by atoms with Crippen LogP contribution >= 0.6 is 0 Å². The van der Waals surface area contributed by atoms with E-state index in [0.29, 0.717) is 29.9 Å². The highest BCUT2D eigenvalue weighted by atomic mass is 19.1. The first-order chi connectivity index (χ1) is 20.1. The molecule has 1 unspecified atom stereocenters. The number of piperidine rings is 1. The van der Waals surface area contributed by atoms with E-state index in [1.807, 2.05) is 52.8 Å². The maximum Gasteiger partial charge on any atom is 0.337 e. The summed E-state index contributed by atoms with van der Waals surface area (Å²) >= 11 is 0. The molecule has 0 bridgehead atoms. The molecule has 0 aliphatic carbocycles. The van der Waals surface area contributed by atoms with Gasteiger partial charge < -0.3 is 19.6 Å². The van der Waals surface area contributed by atoms with Crippen LogP contribution < -0.4 is 4.90 Å². The average molecular weight is 588 g/mol. The summed E-state index contributed by atoms with van der Waals surface area (Å²) in [6.45, 7) is 16.3. The monoisotopic (exact) mass is 587 g/mol. The van der Waals surface area contributed by atoms with Crippen molar-refractivity contribution >= 4 is 17.6 Å². The maximum atomic E-state index is 13.4. The van der Waals surface area contributed by atoms with E-state index in [9.17, 15) is 19.1 Å². The summed E-state index contributed by atoms with van der Waals surface area (Å²) in [5.74, 6) is -1.42. The number of carbonyl (C=O) groups excluding carboxylic acids is 1. The molecule has 2 aliphatic heterocycles. The van der Waals surface area contributed by atoms with Gasteiger partial charge in [-0.25, -0.2) is 9.18 Å². The van der Waals surface area contributed by atoms with Crippen LogP contribution in [0.1, 0.15) is 92.0 Å². The summed E-state index contributed by atoms with van der Waals surface area (Å²) in [4.78, 5) is 35.0. The number of benzene rings is 2. The first kappa shape index (κ1) is 30.7. The molecular weight excluding hydrogens is 545 g/mol. The molecule has 2 aromatic carbocycles. The van der Waals surface area contributed by atoms with Crippen molar-refractivity contribution in [2.45, 2.75) is 86.1 Å². The molecule has 1 aromatic heterocycles. The van der Waals surface area contributed by atoms with Crippen LogP contribution in [0.5, 0.6) is 0 Å². The Morgan fingerprint density at radius 1 is 1.07 bits per heavy atom. The fourth-order valence-electron chi connectivity index (χ4n) is 6.23. The normalized spacial score (nSPS) is 17.3. The Morgan fingerprint density at radius 2 is 1.72 bits per heavy atom. The molecule has 0 saturated carbocycles. The average Bonchev–Trinajstić information content (AvgIpc) is 3.22. The van der Waals surface area contributed by atoms with E-state index < -0.39 is 17.7 Å². The van der Waals surface area contributed by atoms with Crippen molar-refractivity contribution in [1.29, 1.82) is 0 Å². The van der Waals surface area contributed by atoms with E-state index in [2.05, 4.69) is 18.7 Å². The Kier molecular flexibility index (Phi) is 8.11. The van der Waals surface area contributed by atoms with Gasteiger partial charge in [-0.15, -0.1) is 0 Å². The van der Waals surface area contributed by atoms with Crippen LogP contribution in [-0.2, 0) is 22.6 Å². The van der Waals surface area contributed by atoms with E-state index in [1.165, 1.54) is 12.1 Å². The third kappa shape index (κ3) is 6.44. The molecule has 3 heterocycles. The Bertz CT molecular complexity index is 1550. The van der Waals surface area contributed by atoms with E-state index in [-0.39, 0.29) is 17.1 Å². The lowest BCUT2D eigenvalue weighted by atomic mass is 9.81. The SMILES string of the molecule is Cc1nc(C)c(C(OC(C)(C)C)C(=O)O)c(N2CCC(C)(C)CC2)c1-c1ccc2c(c1)CN(Cc1ccc(F)cc1)C2=O. The van der Waals surface area contributed by atoms with Crippen LogP contribution in [0.25, 0.3) is 11.1 Å². The largest absolute Gasteiger partial charge is 0.479 e. The number of aryl methyl sites for hydroxylation is 2. The molecule has 1 saturated heterocycles. The van der Waals surface area contributed by atoms with Gasteiger partial charge in [0, 0.05) is 54.3 Å². The zero-order valence-corrected chi connectivity index (χ0v) is 26.3. The van der Waals surface area contributed by atoms with Crippen LogP contribution in [0.4, 0.5) is 10.1 Å². The fourth-order valence-corrected chi connectivity index (χ4v) is 6.23. The van der Waals surface area contributed by atoms with E-state index in [1.54, 1.807) is 17.0 Å². The minimum atomic E-state index is -1.20. The van der Waals surface area contributed by atoms with Gasteiger partial charge in [-0.1, -0.05) is 32.0 Å². The highest BCUT2D eigenvalue weighted by Crippen LogP contribution is 2.45. The standard InChI is InChI=1S/C35H42FN3O4/c1-21-28(24-10-13-27-25(18-24)20-39(32(27)40)19-23-8-11-26(36)12-9-23)30(38-16-14-35(6,7)15-17-38)29(22(2)37-21)31(33(41)42)43-34(3,4)5/h8-13,18,31H,14-17,19-20H2,1-7H3,(H,41,42). The number of carboxylic acids is 1. The van der Waals surface area contributed by atoms with Crippen LogP contribution in [0.2, 0.25) is 0 Å². The van der Waals surface area contributed by atoms with Crippen LogP contribution in [-0.4, -0.2) is 45.6 Å². The quantitative estimate of drug-likeness (QED) is 0.314. The number of carbonyl (C=O) groups is 2. The van der Waals surface area contributed by atoms with Crippen LogP contribution in [0.3, 0.4) is 0 Å². The van der Waals surface area contributed by atoms with Crippen molar-refractivity contribution in [3.05, 3.63) is 81.9 Å². The van der Waals surface area contributed by atoms with Crippen LogP contribution in [0.15, 0.2) is 42.5 Å². The van der Waals surface area contributed by atoms with Gasteiger partial charge in [-0.2, -0.15) is 0 Å². The second-order valence-corrected chi connectivity index (χ2v) is 13.7. The van der Waals surface area contributed by atoms with E-state index in [4.69, 9.17) is 9.72 Å². The summed E-state index contributed by atoms with van der Waals surface area (Å²) in [7, 11) is 0. The smallest absolute Gasteiger partial charge is 0.337 e. The number of pyridine rings is 1. The van der Waals surface area contributed by atoms with Crippen molar-refractivity contribution in [3.8, 4) is 11.1 Å². The van der Waals surface area contributed by atoms with Crippen LogP contribution in [0, 0.1) is 25.1 Å². The maximum absolute atomic E-state index is 13.4. The molecular formula is C35H42FN3O4. The molecule has 0 radical (unpaired) electrons. The van der Waals surface area contributed by atoms with E-state index in [0.717, 1.165) is 59.6 Å². The molecule has 1 fully saturated rings. The Labute approximate surface area is 253 Å². The number of nitrogens with zero attached hydrogens (tertiary/aromatic N) is 3. The summed E-state index contributed by atoms with van der Waals surface area (Å²) in [6.07, 6.45) is 0.751. The summed E-state index contributed by atoms with van der Waals surface area (Å²) in [5, 5.41) is 10.4. The Balaban J connectivity index is 1.61. The molecule has 228 valence electrons. The number of anilines is 1. The number of hydrogen-bond donors (Lipinski definition) is 1. The molecule has 1 N–H and O–H groups in total. The second-order valence-electron chi connectivity index (χ2n) is 13.7. The molecule has 0 spiro atoms. The number of fused-ring (bicyclic) bond motifs is 1. The molecule has 5 rings (SSSR count). The molecule has 8 heteroatoms. The lowest BCUT2D eigenvalue weighted by Gasteiger charge is -2.41. The minimum absolute atomic E-state index is 0.0617. The number of halogens is 1. The molecule has 1 amide bonds. The van der Waals surface area contributed by atoms with Gasteiger partial charge in [0.1, 0.15) is 5.82 Å². The Hall–Kier alpha value is -3.78. The molecule has 7 nitrogen and oxygen atoms in total. The summed E-state index contributed by atoms with van der Waals surface area (Å²) in [6, 6.07) is 12.1. The van der Waals surface area contributed by atoms with Gasteiger partial charge in [-0.05, 0) is 93.8 Å². The summed E-state index contributed by atoms with van der Waals surface area (Å²) in [5.41, 5.74) is 6.54. The number of ether oxygens (including phenoxy) is 1. The van der Waals surface area contributed by atoms with Gasteiger partial charge in [0.25, 0.3) is 5.91 Å². The van der Waals surface area contributed by atoms with E-state index >= 15 is 0 Å². The number of rotatable bonds is 7. The first-order valence-electron chi connectivity index (χ1n) is 15.0. The van der Waals surface area contributed by atoms with Gasteiger partial charge in [0.05, 0.1) is 11.3 Å². The topological polar surface area (TPSA) is 83.0 Å². The number of amides is 1. The van der Waals surface area contributed by atoms with Crippen molar-refractivity contribution in [3.63, 3.8) is 0 Å². The van der Waals surface area contributed by atoms with Crippen molar-refractivity contribution in [1.82, 2.24) is 9.88 Å². The zero-order valence-electron chi connectivity index (χ0n) is 26.3. The zero-order chi connectivity index (χ0) is 31.3.